The van der Waals surface area contributed by atoms with Crippen LogP contribution in [0.2, 0.25) is 0 Å². The Labute approximate surface area is 171 Å². The first-order valence-corrected chi connectivity index (χ1v) is 9.93. The lowest BCUT2D eigenvalue weighted by atomic mass is 9.87. The summed E-state index contributed by atoms with van der Waals surface area (Å²) in [6, 6.07) is 15.6. The van der Waals surface area contributed by atoms with E-state index in [2.05, 4.69) is 48.5 Å². The maximum Gasteiger partial charge on any atom is 0.243 e. The lowest BCUT2D eigenvalue weighted by molar-refractivity contribution is -0.128. The number of carbonyl (C=O) groups is 2. The number of fused-ring (bicyclic) bond motifs is 1. The van der Waals surface area contributed by atoms with E-state index in [4.69, 9.17) is 0 Å². The quantitative estimate of drug-likeness (QED) is 0.597. The molecule has 0 fully saturated rings. The summed E-state index contributed by atoms with van der Waals surface area (Å²) in [7, 11) is 0. The van der Waals surface area contributed by atoms with Crippen molar-refractivity contribution in [3.63, 3.8) is 0 Å². The van der Waals surface area contributed by atoms with Crippen LogP contribution in [0.3, 0.4) is 0 Å². The third-order valence-electron chi connectivity index (χ3n) is 5.08. The lowest BCUT2D eigenvalue weighted by Gasteiger charge is -2.20. The maximum absolute atomic E-state index is 12.8. The number of aromatic amines is 1. The smallest absolute Gasteiger partial charge is 0.243 e. The van der Waals surface area contributed by atoms with Crippen LogP contribution in [0.1, 0.15) is 44.4 Å². The van der Waals surface area contributed by atoms with Gasteiger partial charge < -0.3 is 15.6 Å². The van der Waals surface area contributed by atoms with Gasteiger partial charge in [0, 0.05) is 37.0 Å². The molecule has 1 heterocycles. The highest BCUT2D eigenvalue weighted by Crippen LogP contribution is 2.22. The third kappa shape index (κ3) is 5.25. The molecule has 152 valence electrons. The molecule has 0 radical (unpaired) electrons. The maximum atomic E-state index is 12.8. The third-order valence-corrected chi connectivity index (χ3v) is 5.08. The minimum Gasteiger partial charge on any atom is -0.361 e. The molecule has 0 saturated carbocycles. The van der Waals surface area contributed by atoms with Gasteiger partial charge in [-0.15, -0.1) is 0 Å². The van der Waals surface area contributed by atoms with Gasteiger partial charge >= 0.3 is 0 Å². The van der Waals surface area contributed by atoms with Crippen molar-refractivity contribution in [3.8, 4) is 0 Å². The highest BCUT2D eigenvalue weighted by atomic mass is 16.2. The van der Waals surface area contributed by atoms with Crippen LogP contribution >= 0.6 is 0 Å². The largest absolute Gasteiger partial charge is 0.361 e. The zero-order valence-electron chi connectivity index (χ0n) is 17.5. The SMILES string of the molecule is CC(=O)NC(Cc1c[nH]c2ccccc12)C(=O)NCc1ccc(C(C)(C)C)cc1. The van der Waals surface area contributed by atoms with Gasteiger partial charge in [0.05, 0.1) is 0 Å². The number of benzene rings is 2. The molecule has 3 aromatic rings. The van der Waals surface area contributed by atoms with Crippen LogP contribution in [0.15, 0.2) is 54.7 Å². The minimum atomic E-state index is -0.624. The summed E-state index contributed by atoms with van der Waals surface area (Å²) in [4.78, 5) is 27.7. The molecule has 1 atom stereocenters. The van der Waals surface area contributed by atoms with Gasteiger partial charge in [0.1, 0.15) is 6.04 Å². The second kappa shape index (κ2) is 8.52. The van der Waals surface area contributed by atoms with E-state index < -0.39 is 6.04 Å². The Morgan fingerprint density at radius 1 is 1.03 bits per heavy atom. The van der Waals surface area contributed by atoms with E-state index in [-0.39, 0.29) is 17.2 Å². The number of H-pyrrole nitrogens is 1. The zero-order chi connectivity index (χ0) is 21.0. The van der Waals surface area contributed by atoms with Crippen LogP contribution in [0, 0.1) is 0 Å². The molecule has 0 spiro atoms. The molecular weight excluding hydrogens is 362 g/mol. The van der Waals surface area contributed by atoms with Gasteiger partial charge in [0.25, 0.3) is 0 Å². The van der Waals surface area contributed by atoms with Gasteiger partial charge in [-0.3, -0.25) is 9.59 Å². The molecule has 29 heavy (non-hydrogen) atoms. The van der Waals surface area contributed by atoms with E-state index >= 15 is 0 Å². The molecule has 3 N–H and O–H groups in total. The summed E-state index contributed by atoms with van der Waals surface area (Å²) in [6.45, 7) is 8.37. The zero-order valence-corrected chi connectivity index (χ0v) is 17.5. The van der Waals surface area contributed by atoms with E-state index in [1.165, 1.54) is 12.5 Å². The number of amides is 2. The predicted octanol–water partition coefficient (Wildman–Crippen LogP) is 3.83. The topological polar surface area (TPSA) is 74.0 Å². The van der Waals surface area contributed by atoms with Crippen LogP contribution in [0.5, 0.6) is 0 Å². The molecule has 1 aromatic heterocycles. The second-order valence-corrected chi connectivity index (χ2v) is 8.48. The Hall–Kier alpha value is -3.08. The van der Waals surface area contributed by atoms with Crippen molar-refractivity contribution in [2.45, 2.75) is 52.1 Å². The van der Waals surface area contributed by atoms with E-state index in [0.29, 0.717) is 13.0 Å². The number of hydrogen-bond donors (Lipinski definition) is 3. The van der Waals surface area contributed by atoms with Gasteiger partial charge in [0.2, 0.25) is 11.8 Å². The average Bonchev–Trinajstić information content (AvgIpc) is 3.08. The van der Waals surface area contributed by atoms with Gasteiger partial charge in [-0.2, -0.15) is 0 Å². The van der Waals surface area contributed by atoms with Crippen LogP contribution in [-0.2, 0) is 28.0 Å². The number of aromatic nitrogens is 1. The summed E-state index contributed by atoms with van der Waals surface area (Å²) in [5, 5.41) is 6.81. The van der Waals surface area contributed by atoms with Crippen LogP contribution in [-0.4, -0.2) is 22.8 Å². The van der Waals surface area contributed by atoms with Crippen molar-refractivity contribution in [1.82, 2.24) is 15.6 Å². The molecule has 0 saturated heterocycles. The van der Waals surface area contributed by atoms with Crippen molar-refractivity contribution in [2.75, 3.05) is 0 Å². The summed E-state index contributed by atoms with van der Waals surface area (Å²) in [6.07, 6.45) is 2.33. The molecule has 5 heteroatoms. The molecule has 0 aliphatic carbocycles. The summed E-state index contributed by atoms with van der Waals surface area (Å²) >= 11 is 0. The van der Waals surface area contributed by atoms with E-state index in [1.54, 1.807) is 0 Å². The molecule has 1 unspecified atom stereocenters. The number of para-hydroxylation sites is 1. The minimum absolute atomic E-state index is 0.0949. The molecule has 0 bridgehead atoms. The highest BCUT2D eigenvalue weighted by molar-refractivity contribution is 5.89. The first-order chi connectivity index (χ1) is 13.7. The Kier molecular flexibility index (Phi) is 6.06. The van der Waals surface area contributed by atoms with Gasteiger partial charge in [-0.1, -0.05) is 63.2 Å². The standard InChI is InChI=1S/C24H29N3O2/c1-16(28)27-22(13-18-15-25-21-8-6-5-7-20(18)21)23(29)26-14-17-9-11-19(12-10-17)24(2,3)4/h5-12,15,22,25H,13-14H2,1-4H3,(H,26,29)(H,27,28). The normalized spacial score (nSPS) is 12.6. The molecule has 5 nitrogen and oxygen atoms in total. The Balaban J connectivity index is 1.68. The van der Waals surface area contributed by atoms with Crippen LogP contribution in [0.4, 0.5) is 0 Å². The first kappa shape index (κ1) is 20.6. The lowest BCUT2D eigenvalue weighted by Crippen LogP contribution is -2.47. The van der Waals surface area contributed by atoms with Crippen molar-refractivity contribution in [3.05, 3.63) is 71.4 Å². The van der Waals surface area contributed by atoms with Crippen LogP contribution < -0.4 is 10.6 Å². The van der Waals surface area contributed by atoms with Crippen molar-refractivity contribution < 1.29 is 9.59 Å². The number of carbonyl (C=O) groups excluding carboxylic acids is 2. The number of rotatable bonds is 6. The summed E-state index contributed by atoms with van der Waals surface area (Å²) in [5.41, 5.74) is 4.40. The molecular formula is C24H29N3O2. The Morgan fingerprint density at radius 3 is 2.38 bits per heavy atom. The first-order valence-electron chi connectivity index (χ1n) is 9.93. The fourth-order valence-corrected chi connectivity index (χ4v) is 3.41. The molecule has 0 aliphatic rings. The monoisotopic (exact) mass is 391 g/mol. The van der Waals surface area contributed by atoms with E-state index in [1.807, 2.05) is 42.6 Å². The van der Waals surface area contributed by atoms with Crippen molar-refractivity contribution >= 4 is 22.7 Å². The van der Waals surface area contributed by atoms with Crippen molar-refractivity contribution in [2.24, 2.45) is 0 Å². The fourth-order valence-electron chi connectivity index (χ4n) is 3.41. The Bertz CT molecular complexity index is 997. The number of hydrogen-bond acceptors (Lipinski definition) is 2. The van der Waals surface area contributed by atoms with E-state index in [0.717, 1.165) is 22.0 Å². The molecule has 2 amide bonds. The summed E-state index contributed by atoms with van der Waals surface area (Å²) < 4.78 is 0. The van der Waals surface area contributed by atoms with Gasteiger partial charge in [-0.05, 0) is 28.2 Å². The predicted molar refractivity (Wildman–Crippen MR) is 117 cm³/mol. The highest BCUT2D eigenvalue weighted by Gasteiger charge is 2.21. The van der Waals surface area contributed by atoms with Crippen molar-refractivity contribution in [1.29, 1.82) is 0 Å². The van der Waals surface area contributed by atoms with Crippen LogP contribution in [0.25, 0.3) is 10.9 Å². The van der Waals surface area contributed by atoms with Gasteiger partial charge in [0.15, 0.2) is 0 Å². The molecule has 3 rings (SSSR count). The average molecular weight is 392 g/mol. The Morgan fingerprint density at radius 2 is 1.72 bits per heavy atom. The molecule has 2 aromatic carbocycles. The number of nitrogens with one attached hydrogen (secondary N) is 3. The second-order valence-electron chi connectivity index (χ2n) is 8.48. The summed E-state index contributed by atoms with van der Waals surface area (Å²) in [5.74, 6) is -0.412. The van der Waals surface area contributed by atoms with E-state index in [9.17, 15) is 9.59 Å². The van der Waals surface area contributed by atoms with Gasteiger partial charge in [-0.25, -0.2) is 0 Å². The fraction of sp³-hybridized carbons (Fsp3) is 0.333. The molecule has 0 aliphatic heterocycles.